The van der Waals surface area contributed by atoms with E-state index in [4.69, 9.17) is 15.2 Å². The average Bonchev–Trinajstić information content (AvgIpc) is 2.68. The van der Waals surface area contributed by atoms with Gasteiger partial charge in [0.05, 0.1) is 12.8 Å². The molecular formula is C19H20FN3O4. The molecule has 4 N–H and O–H groups in total. The summed E-state index contributed by atoms with van der Waals surface area (Å²) in [5, 5.41) is 5.77. The van der Waals surface area contributed by atoms with Gasteiger partial charge in [-0.1, -0.05) is 6.07 Å². The van der Waals surface area contributed by atoms with Crippen molar-refractivity contribution >= 4 is 17.5 Å². The van der Waals surface area contributed by atoms with Crippen molar-refractivity contribution in [2.24, 2.45) is 5.73 Å². The number of primary amides is 1. The maximum Gasteiger partial charge on any atom is 0.255 e. The van der Waals surface area contributed by atoms with Gasteiger partial charge in [0.25, 0.3) is 11.8 Å². The third kappa shape index (κ3) is 4.17. The van der Waals surface area contributed by atoms with Gasteiger partial charge in [-0.3, -0.25) is 9.59 Å². The number of nitrogens with one attached hydrogen (secondary N) is 2. The van der Waals surface area contributed by atoms with Gasteiger partial charge in [-0.2, -0.15) is 0 Å². The van der Waals surface area contributed by atoms with E-state index < -0.39 is 17.6 Å². The van der Waals surface area contributed by atoms with E-state index in [9.17, 15) is 14.0 Å². The first kappa shape index (κ1) is 18.7. The van der Waals surface area contributed by atoms with E-state index in [2.05, 4.69) is 10.6 Å². The number of hydrogen-bond donors (Lipinski definition) is 3. The molecule has 1 aliphatic rings. The molecule has 8 heteroatoms. The second-order valence-corrected chi connectivity index (χ2v) is 6.07. The van der Waals surface area contributed by atoms with Gasteiger partial charge in [0.2, 0.25) is 0 Å². The van der Waals surface area contributed by atoms with Crippen molar-refractivity contribution in [3.8, 4) is 11.5 Å². The van der Waals surface area contributed by atoms with Crippen LogP contribution in [0.15, 0.2) is 30.3 Å². The zero-order chi connectivity index (χ0) is 19.4. The molecule has 0 aromatic heterocycles. The molecule has 0 unspecified atom stereocenters. The zero-order valence-corrected chi connectivity index (χ0v) is 14.8. The molecule has 0 saturated heterocycles. The molecule has 0 aliphatic carbocycles. The van der Waals surface area contributed by atoms with Crippen molar-refractivity contribution in [2.45, 2.75) is 13.0 Å². The summed E-state index contributed by atoms with van der Waals surface area (Å²) in [6, 6.07) is 7.80. The zero-order valence-electron chi connectivity index (χ0n) is 14.8. The SMILES string of the molecule is COc1cc(C(=O)Nc2ccc3c(c2F)CCNC3)ccc1OCC(N)=O. The number of rotatable bonds is 6. The van der Waals surface area contributed by atoms with E-state index in [-0.39, 0.29) is 29.4 Å². The Hall–Kier alpha value is -3.13. The fraction of sp³-hybridized carbons (Fsp3) is 0.263. The molecule has 0 fully saturated rings. The van der Waals surface area contributed by atoms with Gasteiger partial charge in [-0.15, -0.1) is 0 Å². The van der Waals surface area contributed by atoms with E-state index in [1.807, 2.05) is 6.07 Å². The van der Waals surface area contributed by atoms with Crippen LogP contribution in [0, 0.1) is 5.82 Å². The molecule has 3 rings (SSSR count). The number of methoxy groups -OCH3 is 1. The monoisotopic (exact) mass is 373 g/mol. The first-order chi connectivity index (χ1) is 13.0. The van der Waals surface area contributed by atoms with Crippen LogP contribution in [0.3, 0.4) is 0 Å². The Morgan fingerprint density at radius 1 is 1.26 bits per heavy atom. The summed E-state index contributed by atoms with van der Waals surface area (Å²) in [5.41, 5.74) is 6.97. The minimum Gasteiger partial charge on any atom is -0.493 e. The van der Waals surface area contributed by atoms with Crippen LogP contribution in [0.4, 0.5) is 10.1 Å². The number of anilines is 1. The number of halogens is 1. The van der Waals surface area contributed by atoms with E-state index in [1.54, 1.807) is 6.07 Å². The summed E-state index contributed by atoms with van der Waals surface area (Å²) in [6.45, 7) is 1.01. The Bertz CT molecular complexity index is 885. The first-order valence-electron chi connectivity index (χ1n) is 8.41. The smallest absolute Gasteiger partial charge is 0.255 e. The van der Waals surface area contributed by atoms with Crippen molar-refractivity contribution in [1.29, 1.82) is 0 Å². The van der Waals surface area contributed by atoms with Crippen LogP contribution in [0.1, 0.15) is 21.5 Å². The molecule has 2 amide bonds. The largest absolute Gasteiger partial charge is 0.493 e. The van der Waals surface area contributed by atoms with Crippen LogP contribution in [-0.4, -0.2) is 32.1 Å². The summed E-state index contributed by atoms with van der Waals surface area (Å²) in [7, 11) is 1.41. The first-order valence-corrected chi connectivity index (χ1v) is 8.41. The second kappa shape index (κ2) is 8.05. The van der Waals surface area contributed by atoms with Crippen LogP contribution < -0.4 is 25.8 Å². The summed E-state index contributed by atoms with van der Waals surface area (Å²) >= 11 is 0. The van der Waals surface area contributed by atoms with Gasteiger partial charge in [0.1, 0.15) is 5.82 Å². The van der Waals surface area contributed by atoms with Crippen molar-refractivity contribution in [1.82, 2.24) is 5.32 Å². The number of hydrogen-bond acceptors (Lipinski definition) is 5. The molecule has 7 nitrogen and oxygen atoms in total. The Balaban J connectivity index is 1.79. The molecule has 0 saturated carbocycles. The molecule has 0 spiro atoms. The third-order valence-corrected chi connectivity index (χ3v) is 4.25. The molecule has 0 atom stereocenters. The van der Waals surface area contributed by atoms with Crippen LogP contribution in [0.25, 0.3) is 0 Å². The fourth-order valence-corrected chi connectivity index (χ4v) is 2.90. The number of carbonyl (C=O) groups is 2. The van der Waals surface area contributed by atoms with E-state index in [0.29, 0.717) is 25.1 Å². The van der Waals surface area contributed by atoms with Gasteiger partial charge < -0.3 is 25.8 Å². The highest BCUT2D eigenvalue weighted by molar-refractivity contribution is 6.04. The fourth-order valence-electron chi connectivity index (χ4n) is 2.90. The Morgan fingerprint density at radius 3 is 2.81 bits per heavy atom. The summed E-state index contributed by atoms with van der Waals surface area (Å²) in [5.74, 6) is -0.976. The molecule has 2 aromatic carbocycles. The molecule has 1 aliphatic heterocycles. The highest BCUT2D eigenvalue weighted by Gasteiger charge is 2.19. The van der Waals surface area contributed by atoms with Crippen molar-refractivity contribution in [3.05, 3.63) is 52.8 Å². The Labute approximate surface area is 155 Å². The summed E-state index contributed by atoms with van der Waals surface area (Å²) in [4.78, 5) is 23.4. The molecule has 0 bridgehead atoms. The number of benzene rings is 2. The normalized spacial score (nSPS) is 12.8. The molecule has 27 heavy (non-hydrogen) atoms. The van der Waals surface area contributed by atoms with Gasteiger partial charge in [0.15, 0.2) is 18.1 Å². The van der Waals surface area contributed by atoms with Crippen LogP contribution in [0.5, 0.6) is 11.5 Å². The number of carbonyl (C=O) groups excluding carboxylic acids is 2. The maximum absolute atomic E-state index is 14.7. The predicted octanol–water partition coefficient (Wildman–Crippen LogP) is 1.60. The third-order valence-electron chi connectivity index (χ3n) is 4.25. The summed E-state index contributed by atoms with van der Waals surface area (Å²) < 4.78 is 25.1. The number of fused-ring (bicyclic) bond motifs is 1. The average molecular weight is 373 g/mol. The lowest BCUT2D eigenvalue weighted by Crippen LogP contribution is -2.25. The lowest BCUT2D eigenvalue weighted by atomic mass is 9.99. The van der Waals surface area contributed by atoms with Crippen LogP contribution in [0.2, 0.25) is 0 Å². The van der Waals surface area contributed by atoms with Crippen molar-refractivity contribution in [3.63, 3.8) is 0 Å². The molecule has 2 aromatic rings. The van der Waals surface area contributed by atoms with Gasteiger partial charge >= 0.3 is 0 Å². The lowest BCUT2D eigenvalue weighted by molar-refractivity contribution is -0.119. The highest BCUT2D eigenvalue weighted by atomic mass is 19.1. The number of nitrogens with two attached hydrogens (primary N) is 1. The highest BCUT2D eigenvalue weighted by Crippen LogP contribution is 2.29. The summed E-state index contributed by atoms with van der Waals surface area (Å²) in [6.07, 6.45) is 0.574. The minimum absolute atomic E-state index is 0.133. The Morgan fingerprint density at radius 2 is 2.07 bits per heavy atom. The van der Waals surface area contributed by atoms with Crippen LogP contribution in [-0.2, 0) is 17.8 Å². The molecule has 0 radical (unpaired) electrons. The van der Waals surface area contributed by atoms with Gasteiger partial charge in [-0.25, -0.2) is 4.39 Å². The Kier molecular flexibility index (Phi) is 5.56. The van der Waals surface area contributed by atoms with Crippen LogP contribution >= 0.6 is 0 Å². The molecular weight excluding hydrogens is 353 g/mol. The molecule has 142 valence electrons. The van der Waals surface area contributed by atoms with E-state index in [0.717, 1.165) is 5.56 Å². The van der Waals surface area contributed by atoms with Crippen molar-refractivity contribution in [2.75, 3.05) is 25.6 Å². The van der Waals surface area contributed by atoms with E-state index >= 15 is 0 Å². The number of ether oxygens (including phenoxy) is 2. The maximum atomic E-state index is 14.7. The minimum atomic E-state index is -0.628. The predicted molar refractivity (Wildman–Crippen MR) is 97.4 cm³/mol. The number of amides is 2. The lowest BCUT2D eigenvalue weighted by Gasteiger charge is -2.19. The standard InChI is InChI=1S/C19H20FN3O4/c1-26-16-8-11(3-5-15(16)27-10-17(21)24)19(25)23-14-4-2-12-9-22-7-6-13(12)18(14)20/h2-5,8,22H,6-7,9-10H2,1H3,(H2,21,24)(H,23,25). The topological polar surface area (TPSA) is 103 Å². The quantitative estimate of drug-likeness (QED) is 0.714. The molecule has 1 heterocycles. The van der Waals surface area contributed by atoms with Gasteiger partial charge in [-0.05, 0) is 48.4 Å². The van der Waals surface area contributed by atoms with Crippen molar-refractivity contribution < 1.29 is 23.5 Å². The van der Waals surface area contributed by atoms with E-state index in [1.165, 1.54) is 25.3 Å². The van der Waals surface area contributed by atoms with Gasteiger partial charge in [0, 0.05) is 12.1 Å². The second-order valence-electron chi connectivity index (χ2n) is 6.07.